The summed E-state index contributed by atoms with van der Waals surface area (Å²) in [5.74, 6) is -14.8. The van der Waals surface area contributed by atoms with Crippen LogP contribution in [0.15, 0.2) is 35.1 Å². The standard InChI is InChI=1S/C32H24ClF6N3O5/c1-6-9-41(17-7-8-18(21(34)11-17)30(44)47-28-26(38)24(36)23(35)25(37)27(28)39)13-16-10-19-22(12-20(16)33)40-15(2)42(29(19)43)14-46-31(45)32(3,4)5/h1,7-8,10-12H,9,13-14H2,2-5H3. The molecule has 8 nitrogen and oxygen atoms in total. The molecule has 0 aliphatic heterocycles. The topological polar surface area (TPSA) is 90.7 Å². The molecule has 15 heteroatoms. The lowest BCUT2D eigenvalue weighted by molar-refractivity contribution is -0.157. The molecule has 0 N–H and O–H groups in total. The van der Waals surface area contributed by atoms with Gasteiger partial charge in [-0.3, -0.25) is 14.2 Å². The van der Waals surface area contributed by atoms with E-state index in [-0.39, 0.29) is 47.3 Å². The largest absolute Gasteiger partial charge is 0.443 e. The molecule has 0 fully saturated rings. The van der Waals surface area contributed by atoms with Crippen molar-refractivity contribution >= 4 is 40.1 Å². The molecule has 0 amide bonds. The van der Waals surface area contributed by atoms with Gasteiger partial charge in [0.15, 0.2) is 6.73 Å². The molecule has 4 aromatic rings. The summed E-state index contributed by atoms with van der Waals surface area (Å²) in [7, 11) is 0. The van der Waals surface area contributed by atoms with E-state index in [1.807, 2.05) is 0 Å². The Hall–Kier alpha value is -5.03. The molecule has 1 heterocycles. The van der Waals surface area contributed by atoms with Gasteiger partial charge < -0.3 is 14.4 Å². The Morgan fingerprint density at radius 1 is 1.00 bits per heavy atom. The van der Waals surface area contributed by atoms with E-state index in [0.29, 0.717) is 5.56 Å². The lowest BCUT2D eigenvalue weighted by atomic mass is 9.98. The minimum Gasteiger partial charge on any atom is -0.443 e. The van der Waals surface area contributed by atoms with E-state index < -0.39 is 69.1 Å². The summed E-state index contributed by atoms with van der Waals surface area (Å²) in [6.45, 7) is 5.91. The molecule has 47 heavy (non-hydrogen) atoms. The first-order valence-electron chi connectivity index (χ1n) is 13.5. The number of benzene rings is 3. The molecule has 0 aliphatic rings. The van der Waals surface area contributed by atoms with Crippen molar-refractivity contribution in [3.05, 3.63) is 97.6 Å². The Labute approximate surface area is 268 Å². The van der Waals surface area contributed by atoms with Gasteiger partial charge >= 0.3 is 11.9 Å². The predicted octanol–water partition coefficient (Wildman–Crippen LogP) is 6.60. The van der Waals surface area contributed by atoms with Crippen molar-refractivity contribution in [1.82, 2.24) is 9.55 Å². The molecule has 3 aromatic carbocycles. The van der Waals surface area contributed by atoms with Gasteiger partial charge in [-0.05, 0) is 63.6 Å². The second-order valence-corrected chi connectivity index (χ2v) is 11.6. The highest BCUT2D eigenvalue weighted by molar-refractivity contribution is 6.32. The Kier molecular flexibility index (Phi) is 9.91. The van der Waals surface area contributed by atoms with Gasteiger partial charge in [0.25, 0.3) is 5.56 Å². The van der Waals surface area contributed by atoms with Crippen LogP contribution < -0.4 is 15.2 Å². The van der Waals surface area contributed by atoms with E-state index >= 15 is 4.39 Å². The van der Waals surface area contributed by atoms with Crippen LogP contribution in [0.25, 0.3) is 10.9 Å². The smallest absolute Gasteiger partial charge is 0.346 e. The number of anilines is 1. The number of hydrogen-bond donors (Lipinski definition) is 0. The monoisotopic (exact) mass is 679 g/mol. The van der Waals surface area contributed by atoms with Gasteiger partial charge in [0.2, 0.25) is 34.8 Å². The minimum atomic E-state index is -2.46. The van der Waals surface area contributed by atoms with Crippen molar-refractivity contribution in [3.8, 4) is 18.1 Å². The number of hydrogen-bond acceptors (Lipinski definition) is 7. The number of ether oxygens (including phenoxy) is 2. The molecule has 0 atom stereocenters. The number of carbonyl (C=O) groups is 2. The molecule has 0 radical (unpaired) electrons. The first-order valence-corrected chi connectivity index (χ1v) is 13.9. The van der Waals surface area contributed by atoms with E-state index in [2.05, 4.69) is 15.6 Å². The molecule has 0 unspecified atom stereocenters. The van der Waals surface area contributed by atoms with Crippen LogP contribution in [0, 0.1) is 59.6 Å². The third-order valence-electron chi connectivity index (χ3n) is 6.80. The Morgan fingerprint density at radius 2 is 1.62 bits per heavy atom. The molecule has 0 saturated carbocycles. The van der Waals surface area contributed by atoms with Crippen molar-refractivity contribution in [2.45, 2.75) is 41.0 Å². The van der Waals surface area contributed by atoms with Crippen molar-refractivity contribution in [2.24, 2.45) is 5.41 Å². The zero-order chi connectivity index (χ0) is 35.0. The number of fused-ring (bicyclic) bond motifs is 1. The van der Waals surface area contributed by atoms with Gasteiger partial charge in [-0.25, -0.2) is 27.3 Å². The fourth-order valence-electron chi connectivity index (χ4n) is 4.25. The van der Waals surface area contributed by atoms with Gasteiger partial charge in [-0.2, -0.15) is 8.78 Å². The molecule has 0 saturated heterocycles. The fraction of sp³-hybridized carbons (Fsp3) is 0.250. The van der Waals surface area contributed by atoms with Crippen LogP contribution in [0.1, 0.15) is 42.5 Å². The summed E-state index contributed by atoms with van der Waals surface area (Å²) < 4.78 is 94.2. The molecule has 1 aromatic heterocycles. The highest BCUT2D eigenvalue weighted by Gasteiger charge is 2.30. The average Bonchev–Trinajstić information content (AvgIpc) is 3.00. The summed E-state index contributed by atoms with van der Waals surface area (Å²) in [6.07, 6.45) is 5.51. The summed E-state index contributed by atoms with van der Waals surface area (Å²) in [5.41, 5.74) is -1.54. The van der Waals surface area contributed by atoms with Crippen molar-refractivity contribution < 1.29 is 45.4 Å². The Balaban J connectivity index is 1.64. The van der Waals surface area contributed by atoms with Crippen LogP contribution in [-0.2, 0) is 22.8 Å². The van der Waals surface area contributed by atoms with Crippen LogP contribution in [0.2, 0.25) is 5.02 Å². The highest BCUT2D eigenvalue weighted by Crippen LogP contribution is 2.31. The summed E-state index contributed by atoms with van der Waals surface area (Å²) in [5, 5.41) is 0.297. The van der Waals surface area contributed by atoms with Gasteiger partial charge in [-0.1, -0.05) is 17.5 Å². The lowest BCUT2D eigenvalue weighted by Crippen LogP contribution is -2.30. The molecule has 0 spiro atoms. The van der Waals surface area contributed by atoms with Crippen molar-refractivity contribution in [1.29, 1.82) is 0 Å². The van der Waals surface area contributed by atoms with Crippen molar-refractivity contribution in [3.63, 3.8) is 0 Å². The molecule has 0 aliphatic carbocycles. The van der Waals surface area contributed by atoms with Crippen LogP contribution >= 0.6 is 11.6 Å². The summed E-state index contributed by atoms with van der Waals surface area (Å²) in [4.78, 5) is 43.9. The number of nitrogens with zero attached hydrogens (tertiary/aromatic N) is 3. The molecular formula is C32H24ClF6N3O5. The minimum absolute atomic E-state index is 0.0814. The lowest BCUT2D eigenvalue weighted by Gasteiger charge is -2.24. The zero-order valence-electron chi connectivity index (χ0n) is 25.1. The normalized spacial score (nSPS) is 11.4. The van der Waals surface area contributed by atoms with Crippen LogP contribution in [0.3, 0.4) is 0 Å². The van der Waals surface area contributed by atoms with Crippen LogP contribution in [-0.4, -0.2) is 28.0 Å². The van der Waals surface area contributed by atoms with Gasteiger partial charge in [0.05, 0.1) is 28.4 Å². The second kappa shape index (κ2) is 13.4. The first-order chi connectivity index (χ1) is 22.0. The zero-order valence-corrected chi connectivity index (χ0v) is 25.9. The number of carbonyl (C=O) groups excluding carboxylic acids is 2. The highest BCUT2D eigenvalue weighted by atomic mass is 35.5. The van der Waals surface area contributed by atoms with Gasteiger partial charge in [-0.15, -0.1) is 6.42 Å². The van der Waals surface area contributed by atoms with Crippen LogP contribution in [0.5, 0.6) is 5.75 Å². The van der Waals surface area contributed by atoms with E-state index in [1.54, 1.807) is 27.7 Å². The molecule has 0 bridgehead atoms. The first kappa shape index (κ1) is 34.8. The summed E-state index contributed by atoms with van der Waals surface area (Å²) >= 11 is 6.49. The summed E-state index contributed by atoms with van der Waals surface area (Å²) in [6, 6.07) is 5.76. The predicted molar refractivity (Wildman–Crippen MR) is 159 cm³/mol. The number of esters is 2. The average molecular weight is 680 g/mol. The third kappa shape index (κ3) is 7.05. The molecule has 246 valence electrons. The van der Waals surface area contributed by atoms with Crippen molar-refractivity contribution in [2.75, 3.05) is 11.4 Å². The van der Waals surface area contributed by atoms with E-state index in [1.165, 1.54) is 27.7 Å². The molecular weight excluding hydrogens is 656 g/mol. The number of rotatable bonds is 8. The number of aromatic nitrogens is 2. The second-order valence-electron chi connectivity index (χ2n) is 11.2. The Bertz CT molecular complexity index is 2010. The maximum atomic E-state index is 15.1. The van der Waals surface area contributed by atoms with E-state index in [9.17, 15) is 36.3 Å². The third-order valence-corrected chi connectivity index (χ3v) is 7.15. The fourth-order valence-corrected chi connectivity index (χ4v) is 4.47. The number of halogens is 7. The Morgan fingerprint density at radius 3 is 2.19 bits per heavy atom. The van der Waals surface area contributed by atoms with E-state index in [0.717, 1.165) is 12.1 Å². The van der Waals surface area contributed by atoms with E-state index in [4.69, 9.17) is 22.8 Å². The van der Waals surface area contributed by atoms with Crippen LogP contribution in [0.4, 0.5) is 32.0 Å². The van der Waals surface area contributed by atoms with Gasteiger partial charge in [0.1, 0.15) is 11.6 Å². The maximum absolute atomic E-state index is 15.1. The molecule has 4 rings (SSSR count). The number of aryl methyl sites for hydroxylation is 1. The number of terminal acetylenes is 1. The van der Waals surface area contributed by atoms with Gasteiger partial charge in [0, 0.05) is 17.3 Å². The maximum Gasteiger partial charge on any atom is 0.346 e. The SMILES string of the molecule is C#CCN(Cc1cc2c(=O)n(COC(=O)C(C)(C)C)c(C)nc2cc1Cl)c1ccc(C(=O)Oc2c(F)c(F)c(F)c(F)c2F)c(F)c1. The quantitative estimate of drug-likeness (QED) is 0.0518.